The lowest BCUT2D eigenvalue weighted by atomic mass is 10.1. The van der Waals surface area contributed by atoms with Gasteiger partial charge in [-0.05, 0) is 36.2 Å². The maximum absolute atomic E-state index is 11.9. The zero-order valence-electron chi connectivity index (χ0n) is 11.1. The molecule has 0 spiro atoms. The summed E-state index contributed by atoms with van der Waals surface area (Å²) in [5.74, 6) is -0.217. The van der Waals surface area contributed by atoms with E-state index in [0.717, 1.165) is 17.7 Å². The van der Waals surface area contributed by atoms with Gasteiger partial charge in [-0.2, -0.15) is 5.10 Å². The van der Waals surface area contributed by atoms with Crippen molar-refractivity contribution in [3.05, 3.63) is 70.7 Å². The van der Waals surface area contributed by atoms with E-state index < -0.39 is 0 Å². The molecule has 0 saturated heterocycles. The topological polar surface area (TPSA) is 41.5 Å². The molecule has 0 aliphatic carbocycles. The van der Waals surface area contributed by atoms with Gasteiger partial charge in [0.05, 0.1) is 5.71 Å². The van der Waals surface area contributed by atoms with Crippen molar-refractivity contribution in [1.29, 1.82) is 0 Å². The lowest BCUT2D eigenvalue weighted by Gasteiger charge is -2.05. The van der Waals surface area contributed by atoms with Crippen molar-refractivity contribution >= 4 is 23.2 Å². The summed E-state index contributed by atoms with van der Waals surface area (Å²) in [6.45, 7) is 1.99. The van der Waals surface area contributed by atoms with Crippen molar-refractivity contribution in [3.63, 3.8) is 0 Å². The molecule has 2 aromatic rings. The van der Waals surface area contributed by atoms with Gasteiger partial charge in [0.2, 0.25) is 0 Å². The van der Waals surface area contributed by atoms with Crippen molar-refractivity contribution in [3.8, 4) is 0 Å². The molecule has 0 fully saturated rings. The lowest BCUT2D eigenvalue weighted by molar-refractivity contribution is 0.0955. The molecule has 0 aliphatic rings. The highest BCUT2D eigenvalue weighted by Crippen LogP contribution is 2.11. The highest BCUT2D eigenvalue weighted by Gasteiger charge is 2.05. The second kappa shape index (κ2) is 6.87. The number of carbonyl (C=O) groups is 1. The standard InChI is InChI=1S/C16H15ClN2O/c1-2-15(12-8-10-14(17)11-9-12)18-19-16(20)13-6-4-3-5-7-13/h3-11H,2H2,1H3,(H,19,20)/b18-15+. The number of halogens is 1. The zero-order valence-corrected chi connectivity index (χ0v) is 11.9. The van der Waals surface area contributed by atoms with Gasteiger partial charge in [-0.25, -0.2) is 5.43 Å². The third-order valence-electron chi connectivity index (χ3n) is 2.84. The number of benzene rings is 2. The normalized spacial score (nSPS) is 11.2. The Hall–Kier alpha value is -2.13. The summed E-state index contributed by atoms with van der Waals surface area (Å²) in [6.07, 6.45) is 0.719. The fourth-order valence-corrected chi connectivity index (χ4v) is 1.89. The number of hydrogen-bond acceptors (Lipinski definition) is 2. The molecular weight excluding hydrogens is 272 g/mol. The Kier molecular flexibility index (Phi) is 4.91. The van der Waals surface area contributed by atoms with Crippen LogP contribution in [0.15, 0.2) is 59.7 Å². The van der Waals surface area contributed by atoms with Gasteiger partial charge >= 0.3 is 0 Å². The second-order valence-corrected chi connectivity index (χ2v) is 4.66. The van der Waals surface area contributed by atoms with E-state index in [1.54, 1.807) is 24.3 Å². The van der Waals surface area contributed by atoms with E-state index >= 15 is 0 Å². The molecule has 1 amide bonds. The van der Waals surface area contributed by atoms with Gasteiger partial charge in [-0.3, -0.25) is 4.79 Å². The summed E-state index contributed by atoms with van der Waals surface area (Å²) in [4.78, 5) is 11.9. The third kappa shape index (κ3) is 3.68. The minimum absolute atomic E-state index is 0.217. The quantitative estimate of drug-likeness (QED) is 0.672. The Bertz CT molecular complexity index is 606. The summed E-state index contributed by atoms with van der Waals surface area (Å²) in [5, 5.41) is 4.87. The number of hydrazone groups is 1. The first-order chi connectivity index (χ1) is 9.70. The van der Waals surface area contributed by atoms with Crippen LogP contribution in [0.3, 0.4) is 0 Å². The summed E-state index contributed by atoms with van der Waals surface area (Å²) in [7, 11) is 0. The second-order valence-electron chi connectivity index (χ2n) is 4.23. The largest absolute Gasteiger partial charge is 0.271 e. The van der Waals surface area contributed by atoms with E-state index in [-0.39, 0.29) is 5.91 Å². The monoisotopic (exact) mass is 286 g/mol. The number of nitrogens with zero attached hydrogens (tertiary/aromatic N) is 1. The summed E-state index contributed by atoms with van der Waals surface area (Å²) >= 11 is 5.86. The molecule has 0 heterocycles. The van der Waals surface area contributed by atoms with Gasteiger partial charge in [-0.15, -0.1) is 0 Å². The Balaban J connectivity index is 2.12. The van der Waals surface area contributed by atoms with Gasteiger partial charge in [0.1, 0.15) is 0 Å². The zero-order chi connectivity index (χ0) is 14.4. The van der Waals surface area contributed by atoms with Gasteiger partial charge in [0.15, 0.2) is 0 Å². The van der Waals surface area contributed by atoms with Crippen molar-refractivity contribution in [2.75, 3.05) is 0 Å². The first-order valence-corrected chi connectivity index (χ1v) is 6.76. The van der Waals surface area contributed by atoms with Crippen LogP contribution in [0.5, 0.6) is 0 Å². The Morgan fingerprint density at radius 3 is 2.30 bits per heavy atom. The molecule has 3 nitrogen and oxygen atoms in total. The molecule has 0 aromatic heterocycles. The van der Waals surface area contributed by atoms with Crippen LogP contribution in [0.2, 0.25) is 5.02 Å². The van der Waals surface area contributed by atoms with E-state index in [0.29, 0.717) is 10.6 Å². The molecule has 0 unspecified atom stereocenters. The molecule has 4 heteroatoms. The minimum Gasteiger partial charge on any atom is -0.267 e. The van der Waals surface area contributed by atoms with E-state index in [9.17, 15) is 4.79 Å². The van der Waals surface area contributed by atoms with E-state index in [2.05, 4.69) is 10.5 Å². The molecule has 1 N–H and O–H groups in total. The molecule has 2 rings (SSSR count). The molecule has 2 aromatic carbocycles. The molecular formula is C16H15ClN2O. The van der Waals surface area contributed by atoms with Crippen LogP contribution >= 0.6 is 11.6 Å². The summed E-state index contributed by atoms with van der Waals surface area (Å²) in [5.41, 5.74) is 4.93. The average Bonchev–Trinajstić information content (AvgIpc) is 2.50. The predicted octanol–water partition coefficient (Wildman–Crippen LogP) is 3.88. The lowest BCUT2D eigenvalue weighted by Crippen LogP contribution is -2.19. The van der Waals surface area contributed by atoms with Gasteiger partial charge < -0.3 is 0 Å². The van der Waals surface area contributed by atoms with Crippen molar-refractivity contribution in [1.82, 2.24) is 5.43 Å². The predicted molar refractivity (Wildman–Crippen MR) is 82.2 cm³/mol. The van der Waals surface area contributed by atoms with Crippen LogP contribution in [0, 0.1) is 0 Å². The number of rotatable bonds is 4. The van der Waals surface area contributed by atoms with Crippen LogP contribution in [0.4, 0.5) is 0 Å². The molecule has 0 bridgehead atoms. The molecule has 20 heavy (non-hydrogen) atoms. The Labute approximate surface area is 123 Å². The molecule has 102 valence electrons. The summed E-state index contributed by atoms with van der Waals surface area (Å²) in [6, 6.07) is 16.4. The fourth-order valence-electron chi connectivity index (χ4n) is 1.76. The Morgan fingerprint density at radius 1 is 1.05 bits per heavy atom. The maximum Gasteiger partial charge on any atom is 0.271 e. The minimum atomic E-state index is -0.217. The van der Waals surface area contributed by atoms with E-state index in [4.69, 9.17) is 11.6 Å². The molecule has 0 radical (unpaired) electrons. The maximum atomic E-state index is 11.9. The van der Waals surface area contributed by atoms with Gasteiger partial charge in [0, 0.05) is 10.6 Å². The van der Waals surface area contributed by atoms with Crippen molar-refractivity contribution < 1.29 is 4.79 Å². The first-order valence-electron chi connectivity index (χ1n) is 6.38. The number of amides is 1. The van der Waals surface area contributed by atoms with E-state index in [1.807, 2.05) is 37.3 Å². The highest BCUT2D eigenvalue weighted by atomic mass is 35.5. The van der Waals surface area contributed by atoms with Crippen LogP contribution in [0.1, 0.15) is 29.3 Å². The molecule has 0 aliphatic heterocycles. The van der Waals surface area contributed by atoms with Crippen LogP contribution in [0.25, 0.3) is 0 Å². The van der Waals surface area contributed by atoms with Crippen LogP contribution in [-0.2, 0) is 0 Å². The average molecular weight is 287 g/mol. The summed E-state index contributed by atoms with van der Waals surface area (Å²) < 4.78 is 0. The first kappa shape index (κ1) is 14.3. The molecule has 0 saturated carbocycles. The van der Waals surface area contributed by atoms with Crippen molar-refractivity contribution in [2.24, 2.45) is 5.10 Å². The smallest absolute Gasteiger partial charge is 0.267 e. The fraction of sp³-hybridized carbons (Fsp3) is 0.125. The highest BCUT2D eigenvalue weighted by molar-refractivity contribution is 6.30. The number of nitrogens with one attached hydrogen (secondary N) is 1. The van der Waals surface area contributed by atoms with E-state index in [1.165, 1.54) is 0 Å². The van der Waals surface area contributed by atoms with Gasteiger partial charge in [-0.1, -0.05) is 48.9 Å². The van der Waals surface area contributed by atoms with Crippen LogP contribution < -0.4 is 5.43 Å². The Morgan fingerprint density at radius 2 is 1.70 bits per heavy atom. The SMILES string of the molecule is CC/C(=N\NC(=O)c1ccccc1)c1ccc(Cl)cc1. The number of hydrogen-bond donors (Lipinski definition) is 1. The van der Waals surface area contributed by atoms with Crippen LogP contribution in [-0.4, -0.2) is 11.6 Å². The molecule has 0 atom stereocenters. The van der Waals surface area contributed by atoms with Crippen molar-refractivity contribution in [2.45, 2.75) is 13.3 Å². The number of carbonyl (C=O) groups excluding carboxylic acids is 1. The third-order valence-corrected chi connectivity index (χ3v) is 3.09. The van der Waals surface area contributed by atoms with Gasteiger partial charge in [0.25, 0.3) is 5.91 Å².